The first-order chi connectivity index (χ1) is 18.3. The van der Waals surface area contributed by atoms with Gasteiger partial charge in [-0.1, -0.05) is 57.9 Å². The molecule has 3 nitrogen and oxygen atoms in total. The van der Waals surface area contributed by atoms with Crippen LogP contribution in [0.2, 0.25) is 0 Å². The van der Waals surface area contributed by atoms with Gasteiger partial charge in [0.1, 0.15) is 0 Å². The molecule has 4 atom stereocenters. The number of fused-ring (bicyclic) bond motifs is 2. The van der Waals surface area contributed by atoms with Gasteiger partial charge in [-0.2, -0.15) is 0 Å². The van der Waals surface area contributed by atoms with Crippen molar-refractivity contribution < 1.29 is 30.3 Å². The van der Waals surface area contributed by atoms with Gasteiger partial charge in [-0.3, -0.25) is 0 Å². The molecule has 0 spiro atoms. The average molecular weight is 707 g/mol. The predicted molar refractivity (Wildman–Crippen MR) is 159 cm³/mol. The number of hydrogen-bond acceptors (Lipinski definition) is 3. The minimum atomic E-state index is -0.326. The van der Waals surface area contributed by atoms with E-state index in [1.165, 1.54) is 35.6 Å². The van der Waals surface area contributed by atoms with Crippen molar-refractivity contribution in [1.29, 1.82) is 0 Å². The Morgan fingerprint density at radius 2 is 1.51 bits per heavy atom. The summed E-state index contributed by atoms with van der Waals surface area (Å²) in [6.07, 6.45) is 11.3. The fourth-order valence-electron chi connectivity index (χ4n) is 7.52. The van der Waals surface area contributed by atoms with Gasteiger partial charge >= 0.3 is 0 Å². The monoisotopic (exact) mass is 707 g/mol. The van der Waals surface area contributed by atoms with E-state index in [0.717, 1.165) is 49.8 Å². The molecule has 39 heavy (non-hydrogen) atoms. The Morgan fingerprint density at radius 3 is 2.13 bits per heavy atom. The van der Waals surface area contributed by atoms with Crippen molar-refractivity contribution in [3.05, 3.63) is 66.4 Å². The smallest absolute Gasteiger partial charge is 0.0651 e. The van der Waals surface area contributed by atoms with Crippen molar-refractivity contribution in [3.8, 4) is 11.3 Å². The summed E-state index contributed by atoms with van der Waals surface area (Å²) in [5, 5.41) is 24.8. The number of benzene rings is 2. The second-order valence-electron chi connectivity index (χ2n) is 12.0. The number of aromatic nitrogens is 1. The molecule has 4 unspecified atom stereocenters. The van der Waals surface area contributed by atoms with Gasteiger partial charge < -0.3 is 15.2 Å². The maximum atomic E-state index is 11.2. The van der Waals surface area contributed by atoms with E-state index in [9.17, 15) is 10.2 Å². The maximum absolute atomic E-state index is 11.2. The summed E-state index contributed by atoms with van der Waals surface area (Å²) in [4.78, 5) is 4.49. The topological polar surface area (TPSA) is 53.4 Å². The van der Waals surface area contributed by atoms with Crippen molar-refractivity contribution in [1.82, 2.24) is 4.98 Å². The predicted octanol–water partition coefficient (Wildman–Crippen LogP) is 8.54. The molecule has 2 aliphatic carbocycles. The van der Waals surface area contributed by atoms with Crippen LogP contribution in [0, 0.1) is 35.7 Å². The fraction of sp³-hybridized carbons (Fsp3) is 0.571. The molecule has 3 aromatic rings. The van der Waals surface area contributed by atoms with Crippen molar-refractivity contribution in [2.75, 3.05) is 0 Å². The summed E-state index contributed by atoms with van der Waals surface area (Å²) in [7, 11) is 0. The quantitative estimate of drug-likeness (QED) is 0.262. The summed E-state index contributed by atoms with van der Waals surface area (Å²) in [5.41, 5.74) is 3.35. The van der Waals surface area contributed by atoms with Gasteiger partial charge in [0.2, 0.25) is 0 Å². The number of pyridine rings is 1. The van der Waals surface area contributed by atoms with E-state index in [-0.39, 0.29) is 49.1 Å². The zero-order chi connectivity index (χ0) is 27.3. The Balaban J connectivity index is 0.000000214. The van der Waals surface area contributed by atoms with Crippen LogP contribution in [0.5, 0.6) is 0 Å². The van der Waals surface area contributed by atoms with E-state index in [2.05, 4.69) is 69.9 Å². The number of aryl methyl sites for hydroxylation is 1. The molecule has 1 radical (unpaired) electrons. The molecule has 4 heteroatoms. The molecule has 1 aromatic heterocycles. The molecule has 1 heterocycles. The van der Waals surface area contributed by atoms with E-state index in [0.29, 0.717) is 5.92 Å². The Hall–Kier alpha value is -1.58. The number of nitrogens with zero attached hydrogens (tertiary/aromatic N) is 1. The van der Waals surface area contributed by atoms with Gasteiger partial charge in [0.25, 0.3) is 0 Å². The van der Waals surface area contributed by atoms with Crippen molar-refractivity contribution in [2.45, 2.75) is 105 Å². The van der Waals surface area contributed by atoms with E-state index in [1.54, 1.807) is 0 Å². The van der Waals surface area contributed by atoms with Crippen molar-refractivity contribution >= 4 is 10.8 Å². The van der Waals surface area contributed by atoms with Crippen molar-refractivity contribution in [3.63, 3.8) is 0 Å². The minimum absolute atomic E-state index is 0. The van der Waals surface area contributed by atoms with E-state index < -0.39 is 0 Å². The number of aliphatic hydroxyl groups excluding tert-OH is 2. The molecule has 5 rings (SSSR count). The van der Waals surface area contributed by atoms with Crippen LogP contribution in [0.25, 0.3) is 22.0 Å². The molecule has 0 amide bonds. The Bertz CT molecular complexity index is 1170. The Kier molecular flexibility index (Phi) is 11.3. The molecule has 0 saturated heterocycles. The van der Waals surface area contributed by atoms with Gasteiger partial charge in [0.05, 0.1) is 12.2 Å². The Labute approximate surface area is 250 Å². The first kappa shape index (κ1) is 31.9. The van der Waals surface area contributed by atoms with Crippen LogP contribution in [-0.4, -0.2) is 27.4 Å². The number of aliphatic hydroxyl groups is 2. The van der Waals surface area contributed by atoms with Gasteiger partial charge in [-0.25, -0.2) is 0 Å². The van der Waals surface area contributed by atoms with Crippen LogP contribution in [-0.2, 0) is 20.1 Å². The molecule has 215 valence electrons. The van der Waals surface area contributed by atoms with E-state index >= 15 is 0 Å². The SMILES string of the molecule is CCC1(CC)CCCC2CCC(CC)(CC)C(O)C2C1O.Cc1ccc2cc(-c3[c-]cccc3)ncc2c1.[Ir]. The van der Waals surface area contributed by atoms with Gasteiger partial charge in [0, 0.05) is 32.2 Å². The molecule has 2 fully saturated rings. The molecule has 2 N–H and O–H groups in total. The van der Waals surface area contributed by atoms with Crippen LogP contribution in [0.15, 0.2) is 54.7 Å². The molecule has 0 aliphatic heterocycles. The van der Waals surface area contributed by atoms with Crippen LogP contribution in [0.3, 0.4) is 0 Å². The first-order valence-corrected chi connectivity index (χ1v) is 15.0. The molecular formula is C35H48IrNO2-. The standard InChI is InChI=1S/C19H36O2.C16H12N.Ir/c1-5-18(6-2)12-9-10-14-11-13-19(7-3,8-4)17(21)15(14)16(18)20;1-12-7-8-14-10-16(17-11-15(14)9-12)13-5-3-2-4-6-13;/h14-17,20-21H,5-13H2,1-4H3;2-5,7-11H,1H3;/q;-1;. The zero-order valence-electron chi connectivity index (χ0n) is 24.5. The molecule has 0 bridgehead atoms. The third-order valence-corrected chi connectivity index (χ3v) is 10.5. The second-order valence-corrected chi connectivity index (χ2v) is 12.0. The zero-order valence-corrected chi connectivity index (χ0v) is 26.9. The molecule has 2 aromatic carbocycles. The summed E-state index contributed by atoms with van der Waals surface area (Å²) < 4.78 is 0. The third-order valence-electron chi connectivity index (χ3n) is 10.5. The summed E-state index contributed by atoms with van der Waals surface area (Å²) in [6.45, 7) is 11.0. The average Bonchev–Trinajstić information content (AvgIpc) is 3.10. The normalized spacial score (nSPS) is 25.4. The number of hydrogen-bond donors (Lipinski definition) is 2. The van der Waals surface area contributed by atoms with Gasteiger partial charge in [-0.05, 0) is 97.6 Å². The maximum Gasteiger partial charge on any atom is 0.0651 e. The molecule has 2 aliphatic rings. The summed E-state index contributed by atoms with van der Waals surface area (Å²) >= 11 is 0. The van der Waals surface area contributed by atoms with E-state index in [4.69, 9.17) is 0 Å². The van der Waals surface area contributed by atoms with Crippen LogP contribution >= 0.6 is 0 Å². The first-order valence-electron chi connectivity index (χ1n) is 15.0. The van der Waals surface area contributed by atoms with Crippen molar-refractivity contribution in [2.24, 2.45) is 22.7 Å². The van der Waals surface area contributed by atoms with Crippen LogP contribution < -0.4 is 0 Å². The van der Waals surface area contributed by atoms with Gasteiger partial charge in [0.15, 0.2) is 0 Å². The molecule has 2 saturated carbocycles. The number of rotatable bonds is 5. The second kappa shape index (κ2) is 13.9. The van der Waals surface area contributed by atoms with Crippen LogP contribution in [0.4, 0.5) is 0 Å². The summed E-state index contributed by atoms with van der Waals surface area (Å²) in [5.74, 6) is 0.627. The Morgan fingerprint density at radius 1 is 0.846 bits per heavy atom. The van der Waals surface area contributed by atoms with E-state index in [1.807, 2.05) is 30.5 Å². The largest absolute Gasteiger partial charge is 0.392 e. The summed E-state index contributed by atoms with van der Waals surface area (Å²) in [6, 6.07) is 19.6. The minimum Gasteiger partial charge on any atom is -0.392 e. The van der Waals surface area contributed by atoms with Crippen LogP contribution in [0.1, 0.15) is 91.0 Å². The van der Waals surface area contributed by atoms with Gasteiger partial charge in [-0.15, -0.1) is 35.9 Å². The molecular weight excluding hydrogens is 659 g/mol. The fourth-order valence-corrected chi connectivity index (χ4v) is 7.52. The third kappa shape index (κ3) is 6.51.